The maximum absolute atomic E-state index is 13.5. The molecule has 224 valence electrons. The maximum atomic E-state index is 13.5. The van der Waals surface area contributed by atoms with E-state index in [1.165, 1.54) is 5.56 Å². The van der Waals surface area contributed by atoms with Crippen LogP contribution < -0.4 is 20.1 Å². The SMILES string of the molecule is CC(C)CCNCc1ccc2c(c1)OCCC2NC(=O)CC(NS(=O)(=O)c1ccc2c(c1)CCCC2)c1ccccc1. The van der Waals surface area contributed by atoms with Gasteiger partial charge in [0.05, 0.1) is 23.6 Å². The molecule has 0 saturated carbocycles. The van der Waals surface area contributed by atoms with E-state index in [1.54, 1.807) is 12.1 Å². The molecule has 2 atom stereocenters. The molecule has 0 spiro atoms. The van der Waals surface area contributed by atoms with Crippen molar-refractivity contribution < 1.29 is 17.9 Å². The van der Waals surface area contributed by atoms with E-state index >= 15 is 0 Å². The average Bonchev–Trinajstić information content (AvgIpc) is 2.99. The van der Waals surface area contributed by atoms with Crippen LogP contribution in [0.25, 0.3) is 0 Å². The van der Waals surface area contributed by atoms with E-state index in [4.69, 9.17) is 4.74 Å². The van der Waals surface area contributed by atoms with Crippen molar-refractivity contribution in [2.45, 2.75) is 82.3 Å². The first-order valence-corrected chi connectivity index (χ1v) is 16.7. The van der Waals surface area contributed by atoms with Gasteiger partial charge in [-0.3, -0.25) is 4.79 Å². The van der Waals surface area contributed by atoms with Crippen molar-refractivity contribution in [3.8, 4) is 5.75 Å². The summed E-state index contributed by atoms with van der Waals surface area (Å²) in [6, 6.07) is 20.0. The molecule has 7 nitrogen and oxygen atoms in total. The van der Waals surface area contributed by atoms with E-state index < -0.39 is 16.1 Å². The van der Waals surface area contributed by atoms with Crippen LogP contribution in [0.2, 0.25) is 0 Å². The molecule has 8 heteroatoms. The molecule has 42 heavy (non-hydrogen) atoms. The number of aryl methyl sites for hydroxylation is 2. The Morgan fingerprint density at radius 3 is 2.55 bits per heavy atom. The number of fused-ring (bicyclic) bond motifs is 2. The average molecular weight is 590 g/mol. The van der Waals surface area contributed by atoms with Crippen LogP contribution in [-0.4, -0.2) is 27.5 Å². The van der Waals surface area contributed by atoms with Gasteiger partial charge in [-0.2, -0.15) is 0 Å². The summed E-state index contributed by atoms with van der Waals surface area (Å²) in [6.07, 6.45) is 5.86. The number of hydrogen-bond donors (Lipinski definition) is 3. The second-order valence-corrected chi connectivity index (χ2v) is 13.6. The van der Waals surface area contributed by atoms with Crippen LogP contribution in [-0.2, 0) is 34.2 Å². The molecular weight excluding hydrogens is 546 g/mol. The van der Waals surface area contributed by atoms with Crippen molar-refractivity contribution in [1.82, 2.24) is 15.4 Å². The molecule has 1 heterocycles. The zero-order valence-electron chi connectivity index (χ0n) is 24.7. The molecule has 0 aromatic heterocycles. The Morgan fingerprint density at radius 1 is 0.976 bits per heavy atom. The van der Waals surface area contributed by atoms with Gasteiger partial charge in [0.2, 0.25) is 15.9 Å². The third-order valence-corrected chi connectivity index (χ3v) is 9.67. The van der Waals surface area contributed by atoms with Gasteiger partial charge in [0.1, 0.15) is 5.75 Å². The number of sulfonamides is 1. The first-order chi connectivity index (χ1) is 20.3. The van der Waals surface area contributed by atoms with Gasteiger partial charge in [-0.25, -0.2) is 13.1 Å². The van der Waals surface area contributed by atoms with Crippen molar-refractivity contribution in [3.63, 3.8) is 0 Å². The second-order valence-electron chi connectivity index (χ2n) is 11.9. The van der Waals surface area contributed by atoms with Gasteiger partial charge in [-0.05, 0) is 85.0 Å². The van der Waals surface area contributed by atoms with E-state index in [0.29, 0.717) is 18.9 Å². The van der Waals surface area contributed by atoms with Crippen LogP contribution in [0.15, 0.2) is 71.6 Å². The first kappa shape index (κ1) is 30.3. The maximum Gasteiger partial charge on any atom is 0.241 e. The molecule has 0 saturated heterocycles. The van der Waals surface area contributed by atoms with Crippen molar-refractivity contribution in [3.05, 3.63) is 94.5 Å². The summed E-state index contributed by atoms with van der Waals surface area (Å²) in [4.78, 5) is 13.7. The Morgan fingerprint density at radius 2 is 1.76 bits per heavy atom. The van der Waals surface area contributed by atoms with E-state index in [-0.39, 0.29) is 23.3 Å². The number of rotatable bonds is 12. The largest absolute Gasteiger partial charge is 0.493 e. The summed E-state index contributed by atoms with van der Waals surface area (Å²) in [5.74, 6) is 1.24. The molecule has 3 aromatic carbocycles. The molecule has 3 aromatic rings. The quantitative estimate of drug-likeness (QED) is 0.234. The van der Waals surface area contributed by atoms with E-state index in [1.807, 2.05) is 42.5 Å². The van der Waals surface area contributed by atoms with Crippen molar-refractivity contribution >= 4 is 15.9 Å². The second kappa shape index (κ2) is 13.8. The van der Waals surface area contributed by atoms with Gasteiger partial charge in [0, 0.05) is 24.9 Å². The highest BCUT2D eigenvalue weighted by Crippen LogP contribution is 2.33. The van der Waals surface area contributed by atoms with Gasteiger partial charge in [-0.1, -0.05) is 62.4 Å². The number of benzene rings is 3. The third kappa shape index (κ3) is 7.79. The summed E-state index contributed by atoms with van der Waals surface area (Å²) >= 11 is 0. The summed E-state index contributed by atoms with van der Waals surface area (Å²) in [6.45, 7) is 6.68. The Kier molecular flexibility index (Phi) is 9.98. The van der Waals surface area contributed by atoms with Gasteiger partial charge in [0.15, 0.2) is 0 Å². The van der Waals surface area contributed by atoms with Gasteiger partial charge < -0.3 is 15.4 Å². The Bertz CT molecular complexity index is 1470. The lowest BCUT2D eigenvalue weighted by molar-refractivity contribution is -0.122. The van der Waals surface area contributed by atoms with Gasteiger partial charge in [0.25, 0.3) is 0 Å². The van der Waals surface area contributed by atoms with Crippen LogP contribution in [0.4, 0.5) is 0 Å². The molecule has 0 bridgehead atoms. The molecule has 0 radical (unpaired) electrons. The minimum absolute atomic E-state index is 0.0151. The molecule has 0 fully saturated rings. The highest BCUT2D eigenvalue weighted by atomic mass is 32.2. The van der Waals surface area contributed by atoms with E-state index in [0.717, 1.165) is 73.2 Å². The molecule has 3 N–H and O–H groups in total. The molecule has 1 amide bonds. The Hall–Kier alpha value is -3.20. The zero-order valence-corrected chi connectivity index (χ0v) is 25.5. The highest BCUT2D eigenvalue weighted by molar-refractivity contribution is 7.89. The van der Waals surface area contributed by atoms with Crippen LogP contribution >= 0.6 is 0 Å². The van der Waals surface area contributed by atoms with Crippen LogP contribution in [0, 0.1) is 5.92 Å². The van der Waals surface area contributed by atoms with E-state index in [9.17, 15) is 13.2 Å². The number of carbonyl (C=O) groups is 1. The summed E-state index contributed by atoms with van der Waals surface area (Å²) in [7, 11) is -3.84. The molecule has 1 aliphatic carbocycles. The standard InChI is InChI=1S/C34H43N3O4S/c1-24(2)16-18-35-23-25-12-15-30-31(17-19-41-33(30)20-25)36-34(38)22-32(27-9-4-3-5-10-27)37-42(39,40)29-14-13-26-8-6-7-11-28(26)21-29/h3-5,9-10,12-15,20-21,24,31-32,35,37H,6-8,11,16-19,22-23H2,1-2H3,(H,36,38). The fraction of sp³-hybridized carbons (Fsp3) is 0.441. The van der Waals surface area contributed by atoms with Crippen molar-refractivity contribution in [1.29, 1.82) is 0 Å². The fourth-order valence-corrected chi connectivity index (χ4v) is 7.08. The van der Waals surface area contributed by atoms with Crippen LogP contribution in [0.3, 0.4) is 0 Å². The predicted octanol–water partition coefficient (Wildman–Crippen LogP) is 5.75. The normalized spacial score (nSPS) is 17.2. The number of amides is 1. The lowest BCUT2D eigenvalue weighted by Gasteiger charge is -2.28. The van der Waals surface area contributed by atoms with Gasteiger partial charge in [-0.15, -0.1) is 0 Å². The predicted molar refractivity (Wildman–Crippen MR) is 166 cm³/mol. The lowest BCUT2D eigenvalue weighted by atomic mass is 9.92. The number of nitrogens with one attached hydrogen (secondary N) is 3. The minimum Gasteiger partial charge on any atom is -0.493 e. The smallest absolute Gasteiger partial charge is 0.241 e. The third-order valence-electron chi connectivity index (χ3n) is 8.20. The molecule has 2 unspecified atom stereocenters. The van der Waals surface area contributed by atoms with E-state index in [2.05, 4.69) is 41.3 Å². The molecular formula is C34H43N3O4S. The summed E-state index contributed by atoms with van der Waals surface area (Å²) in [5.41, 5.74) is 5.17. The number of hydrogen-bond acceptors (Lipinski definition) is 5. The van der Waals surface area contributed by atoms with Crippen LogP contribution in [0.1, 0.15) is 85.9 Å². The Balaban J connectivity index is 1.27. The monoisotopic (exact) mass is 589 g/mol. The Labute approximate surface area is 250 Å². The summed E-state index contributed by atoms with van der Waals surface area (Å²) in [5, 5.41) is 6.64. The first-order valence-electron chi connectivity index (χ1n) is 15.2. The highest BCUT2D eigenvalue weighted by Gasteiger charge is 2.28. The fourth-order valence-electron chi connectivity index (χ4n) is 5.80. The van der Waals surface area contributed by atoms with Gasteiger partial charge >= 0.3 is 0 Å². The van der Waals surface area contributed by atoms with Crippen molar-refractivity contribution in [2.24, 2.45) is 5.92 Å². The number of ether oxygens (including phenoxy) is 1. The minimum atomic E-state index is -3.84. The van der Waals surface area contributed by atoms with Crippen molar-refractivity contribution in [2.75, 3.05) is 13.2 Å². The zero-order chi connectivity index (χ0) is 29.5. The molecule has 5 rings (SSSR count). The lowest BCUT2D eigenvalue weighted by Crippen LogP contribution is -2.36. The summed E-state index contributed by atoms with van der Waals surface area (Å²) < 4.78 is 35.9. The number of carbonyl (C=O) groups excluding carboxylic acids is 1. The van der Waals surface area contributed by atoms with Crippen LogP contribution in [0.5, 0.6) is 5.75 Å². The molecule has 2 aliphatic rings. The molecule has 1 aliphatic heterocycles. The topological polar surface area (TPSA) is 96.5 Å².